The second-order valence-corrected chi connectivity index (χ2v) is 9.73. The van der Waals surface area contributed by atoms with Gasteiger partial charge in [-0.1, -0.05) is 11.6 Å². The highest BCUT2D eigenvalue weighted by Crippen LogP contribution is 2.28. The van der Waals surface area contributed by atoms with Gasteiger partial charge in [-0.25, -0.2) is 14.7 Å². The molecule has 2 aliphatic heterocycles. The lowest BCUT2D eigenvalue weighted by atomic mass is 9.95. The van der Waals surface area contributed by atoms with Gasteiger partial charge in [-0.3, -0.25) is 14.4 Å². The lowest BCUT2D eigenvalue weighted by Crippen LogP contribution is -2.44. The molecule has 0 aliphatic carbocycles. The molecule has 0 spiro atoms. The number of aliphatic hydroxyl groups is 1. The molecule has 3 amide bonds. The number of hydrogen-bond acceptors (Lipinski definition) is 7. The van der Waals surface area contributed by atoms with E-state index in [4.69, 9.17) is 10.7 Å². The van der Waals surface area contributed by atoms with Crippen LogP contribution in [-0.4, -0.2) is 80.5 Å². The van der Waals surface area contributed by atoms with Crippen molar-refractivity contribution in [3.63, 3.8) is 0 Å². The smallest absolute Gasteiger partial charge is 0.254 e. The summed E-state index contributed by atoms with van der Waals surface area (Å²) in [6.07, 6.45) is 4.66. The Kier molecular flexibility index (Phi) is 7.65. The molecule has 2 aliphatic rings. The van der Waals surface area contributed by atoms with Crippen molar-refractivity contribution >= 4 is 40.0 Å². The highest BCUT2D eigenvalue weighted by atomic mass is 16.3. The number of nitrogens with zero attached hydrogens (tertiary/aromatic N) is 5. The first-order valence-electron chi connectivity index (χ1n) is 12.4. The average molecular weight is 508 g/mol. The Balaban J connectivity index is 1.63. The number of hydrogen-bond donors (Lipinski definition) is 3. The standard InChI is InChI=1S/C26H33N7O4/c1-14(2)33-23-20(13-29-33)18(24(35)28-12-19-15(3)9-16(4)30-25(19)36)10-21(31-23)17-5-7-32(8-6-17)26(37)22(34)11-27/h5,9-10,13-14,19,22,34H,6-8,11-12,27H2,1-4H3,(H,28,35). The topological polar surface area (TPSA) is 156 Å². The molecular formula is C26H33N7O4. The van der Waals surface area contributed by atoms with Crippen LogP contribution in [0.15, 0.2) is 35.0 Å². The SMILES string of the molecule is CC1=CC(C)=NC(=O)C1CNC(=O)c1cc(C2=CCN(C(=O)C(O)CN)CC2)nc2c1cnn2C(C)C. The van der Waals surface area contributed by atoms with Gasteiger partial charge in [-0.2, -0.15) is 5.10 Å². The zero-order valence-electron chi connectivity index (χ0n) is 21.6. The molecule has 0 saturated carbocycles. The molecule has 2 aromatic heterocycles. The number of nitrogens with one attached hydrogen (secondary N) is 1. The number of dihydropyridines is 1. The van der Waals surface area contributed by atoms with Gasteiger partial charge in [0, 0.05) is 37.9 Å². The third-order valence-corrected chi connectivity index (χ3v) is 6.70. The third-order valence-electron chi connectivity index (χ3n) is 6.70. The molecule has 4 rings (SSSR count). The fraction of sp³-hybridized carbons (Fsp3) is 0.462. The normalized spacial score (nSPS) is 19.0. The van der Waals surface area contributed by atoms with Gasteiger partial charge >= 0.3 is 0 Å². The van der Waals surface area contributed by atoms with Gasteiger partial charge in [0.1, 0.15) is 6.10 Å². The Morgan fingerprint density at radius 2 is 2.05 bits per heavy atom. The predicted molar refractivity (Wildman–Crippen MR) is 140 cm³/mol. The zero-order valence-corrected chi connectivity index (χ0v) is 21.6. The van der Waals surface area contributed by atoms with Crippen LogP contribution in [0.3, 0.4) is 0 Å². The summed E-state index contributed by atoms with van der Waals surface area (Å²) in [6, 6.07) is 1.76. The van der Waals surface area contributed by atoms with Gasteiger partial charge in [-0.15, -0.1) is 0 Å². The van der Waals surface area contributed by atoms with Crippen LogP contribution in [0.5, 0.6) is 0 Å². The van der Waals surface area contributed by atoms with Gasteiger partial charge < -0.3 is 21.1 Å². The van der Waals surface area contributed by atoms with Crippen molar-refractivity contribution in [1.29, 1.82) is 0 Å². The van der Waals surface area contributed by atoms with Crippen LogP contribution >= 0.6 is 0 Å². The number of allylic oxidation sites excluding steroid dienone is 1. The number of carbonyl (C=O) groups is 3. The molecule has 11 nitrogen and oxygen atoms in total. The van der Waals surface area contributed by atoms with Crippen molar-refractivity contribution in [1.82, 2.24) is 25.0 Å². The van der Waals surface area contributed by atoms with Crippen LogP contribution in [-0.2, 0) is 9.59 Å². The first-order chi connectivity index (χ1) is 17.6. The molecule has 0 fully saturated rings. The molecular weight excluding hydrogens is 474 g/mol. The lowest BCUT2D eigenvalue weighted by Gasteiger charge is -2.28. The summed E-state index contributed by atoms with van der Waals surface area (Å²) in [5.41, 5.74) is 9.45. The van der Waals surface area contributed by atoms with Crippen LogP contribution in [0.4, 0.5) is 0 Å². The first kappa shape index (κ1) is 26.4. The maximum absolute atomic E-state index is 13.4. The summed E-state index contributed by atoms with van der Waals surface area (Å²) in [5.74, 6) is -1.50. The number of amides is 3. The van der Waals surface area contributed by atoms with Gasteiger partial charge in [-0.05, 0) is 51.8 Å². The van der Waals surface area contributed by atoms with Gasteiger partial charge in [0.05, 0.1) is 28.8 Å². The van der Waals surface area contributed by atoms with Crippen LogP contribution < -0.4 is 11.1 Å². The lowest BCUT2D eigenvalue weighted by molar-refractivity contribution is -0.139. The second kappa shape index (κ2) is 10.7. The third kappa shape index (κ3) is 5.37. The minimum atomic E-state index is -1.22. The number of aliphatic imine (C=N–C) groups is 1. The van der Waals surface area contributed by atoms with E-state index in [0.29, 0.717) is 47.5 Å². The van der Waals surface area contributed by atoms with E-state index in [2.05, 4.69) is 15.4 Å². The molecule has 0 saturated heterocycles. The summed E-state index contributed by atoms with van der Waals surface area (Å²) in [4.78, 5) is 48.5. The van der Waals surface area contributed by atoms with E-state index in [1.807, 2.05) is 32.9 Å². The fourth-order valence-corrected chi connectivity index (χ4v) is 4.61. The summed E-state index contributed by atoms with van der Waals surface area (Å²) >= 11 is 0. The highest BCUT2D eigenvalue weighted by Gasteiger charge is 2.27. The molecule has 196 valence electrons. The average Bonchev–Trinajstić information content (AvgIpc) is 3.31. The molecule has 11 heteroatoms. The minimum Gasteiger partial charge on any atom is -0.382 e. The van der Waals surface area contributed by atoms with E-state index in [9.17, 15) is 19.5 Å². The van der Waals surface area contributed by atoms with Crippen molar-refractivity contribution in [2.45, 2.75) is 46.3 Å². The van der Waals surface area contributed by atoms with E-state index in [0.717, 1.165) is 11.1 Å². The molecule has 37 heavy (non-hydrogen) atoms. The monoisotopic (exact) mass is 507 g/mol. The Bertz CT molecular complexity index is 1340. The summed E-state index contributed by atoms with van der Waals surface area (Å²) in [6.45, 7) is 8.32. The molecule has 4 heterocycles. The summed E-state index contributed by atoms with van der Waals surface area (Å²) in [5, 5.41) is 17.8. The molecule has 0 aromatic carbocycles. The number of rotatable bonds is 7. The second-order valence-electron chi connectivity index (χ2n) is 9.73. The van der Waals surface area contributed by atoms with Crippen molar-refractivity contribution in [3.05, 3.63) is 41.2 Å². The Hall–Kier alpha value is -3.70. The predicted octanol–water partition coefficient (Wildman–Crippen LogP) is 1.24. The maximum Gasteiger partial charge on any atom is 0.254 e. The van der Waals surface area contributed by atoms with Gasteiger partial charge in [0.25, 0.3) is 17.7 Å². The van der Waals surface area contributed by atoms with E-state index < -0.39 is 17.9 Å². The Morgan fingerprint density at radius 1 is 1.30 bits per heavy atom. The Morgan fingerprint density at radius 3 is 2.68 bits per heavy atom. The minimum absolute atomic E-state index is 0.0242. The molecule has 0 radical (unpaired) electrons. The number of aliphatic hydroxyl groups excluding tert-OH is 1. The van der Waals surface area contributed by atoms with Crippen LogP contribution in [0.2, 0.25) is 0 Å². The van der Waals surface area contributed by atoms with Crippen molar-refractivity contribution in [2.24, 2.45) is 16.6 Å². The Labute approximate surface area is 215 Å². The number of carbonyl (C=O) groups excluding carboxylic acids is 3. The highest BCUT2D eigenvalue weighted by molar-refractivity contribution is 6.07. The largest absolute Gasteiger partial charge is 0.382 e. The van der Waals surface area contributed by atoms with Crippen molar-refractivity contribution in [2.75, 3.05) is 26.2 Å². The number of nitrogens with two attached hydrogens (primary N) is 1. The first-order valence-corrected chi connectivity index (χ1v) is 12.4. The number of pyridine rings is 1. The molecule has 2 aromatic rings. The van der Waals surface area contributed by atoms with E-state index >= 15 is 0 Å². The molecule has 2 atom stereocenters. The summed E-state index contributed by atoms with van der Waals surface area (Å²) < 4.78 is 1.77. The summed E-state index contributed by atoms with van der Waals surface area (Å²) in [7, 11) is 0. The van der Waals surface area contributed by atoms with Gasteiger partial charge in [0.2, 0.25) is 0 Å². The molecule has 4 N–H and O–H groups in total. The maximum atomic E-state index is 13.4. The fourth-order valence-electron chi connectivity index (χ4n) is 4.61. The zero-order chi connectivity index (χ0) is 26.9. The van der Waals surface area contributed by atoms with E-state index in [1.165, 1.54) is 0 Å². The van der Waals surface area contributed by atoms with Crippen molar-refractivity contribution < 1.29 is 19.5 Å². The van der Waals surface area contributed by atoms with Crippen LogP contribution in [0, 0.1) is 5.92 Å². The quantitative estimate of drug-likeness (QED) is 0.509. The van der Waals surface area contributed by atoms with Gasteiger partial charge in [0.15, 0.2) is 5.65 Å². The number of aromatic nitrogens is 3. The van der Waals surface area contributed by atoms with Crippen LogP contribution in [0.25, 0.3) is 16.6 Å². The molecule has 0 bridgehead atoms. The van der Waals surface area contributed by atoms with E-state index in [-0.39, 0.29) is 30.9 Å². The van der Waals surface area contributed by atoms with Crippen molar-refractivity contribution in [3.8, 4) is 0 Å². The van der Waals surface area contributed by atoms with E-state index in [1.54, 1.807) is 28.8 Å². The number of fused-ring (bicyclic) bond motifs is 1. The molecule has 2 unspecified atom stereocenters. The van der Waals surface area contributed by atoms with Crippen LogP contribution in [0.1, 0.15) is 56.2 Å².